The van der Waals surface area contributed by atoms with E-state index >= 15 is 0 Å². The molecule has 0 saturated carbocycles. The fourth-order valence-corrected chi connectivity index (χ4v) is 5.11. The first-order valence-corrected chi connectivity index (χ1v) is 11.7. The molecule has 29 heavy (non-hydrogen) atoms. The summed E-state index contributed by atoms with van der Waals surface area (Å²) in [5.41, 5.74) is 3.56. The average molecular weight is 432 g/mol. The zero-order valence-corrected chi connectivity index (χ0v) is 18.8. The molecule has 6 nitrogen and oxygen atoms in total. The van der Waals surface area contributed by atoms with E-state index in [1.54, 1.807) is 0 Å². The van der Waals surface area contributed by atoms with Crippen LogP contribution in [0.15, 0.2) is 18.2 Å². The van der Waals surface area contributed by atoms with Crippen molar-refractivity contribution in [2.75, 3.05) is 31.5 Å². The summed E-state index contributed by atoms with van der Waals surface area (Å²) in [6.45, 7) is 8.65. The number of carbonyl (C=O) groups excluding carboxylic acids is 1. The topological polar surface area (TPSA) is 53.4 Å². The standard InChI is InChI=1S/C21H29N5OS2/c1-15-5-6-18(13-16(15)2)22-20-23-26(21(28)29-20)14-24-11-7-17(8-12-24)19(27)25-9-3-4-10-25/h5-6,13,17H,3-4,7-12,14H2,1-2H3,(H,22,23). The summed E-state index contributed by atoms with van der Waals surface area (Å²) in [5.74, 6) is 0.557. The van der Waals surface area contributed by atoms with Crippen molar-refractivity contribution in [1.29, 1.82) is 0 Å². The maximum absolute atomic E-state index is 12.6. The van der Waals surface area contributed by atoms with E-state index in [-0.39, 0.29) is 5.92 Å². The molecule has 1 aromatic heterocycles. The average Bonchev–Trinajstić information content (AvgIpc) is 3.35. The van der Waals surface area contributed by atoms with Gasteiger partial charge in [-0.15, -0.1) is 5.10 Å². The number of likely N-dealkylation sites (tertiary alicyclic amines) is 2. The Hall–Kier alpha value is -1.77. The molecule has 2 aliphatic heterocycles. The number of nitrogens with one attached hydrogen (secondary N) is 1. The highest BCUT2D eigenvalue weighted by atomic mass is 32.1. The second-order valence-electron chi connectivity index (χ2n) is 8.16. The number of carbonyl (C=O) groups is 1. The van der Waals surface area contributed by atoms with Crippen LogP contribution < -0.4 is 5.32 Å². The van der Waals surface area contributed by atoms with Crippen molar-refractivity contribution in [1.82, 2.24) is 19.6 Å². The highest BCUT2D eigenvalue weighted by Gasteiger charge is 2.29. The molecular formula is C21H29N5OS2. The van der Waals surface area contributed by atoms with Crippen molar-refractivity contribution in [3.63, 3.8) is 0 Å². The van der Waals surface area contributed by atoms with Gasteiger partial charge in [0.05, 0.1) is 6.67 Å². The summed E-state index contributed by atoms with van der Waals surface area (Å²) in [6.07, 6.45) is 4.18. The largest absolute Gasteiger partial charge is 0.342 e. The normalized spacial score (nSPS) is 18.3. The lowest BCUT2D eigenvalue weighted by atomic mass is 9.95. The number of aryl methyl sites for hydroxylation is 2. The van der Waals surface area contributed by atoms with Crippen LogP contribution in [-0.2, 0) is 11.5 Å². The molecule has 8 heteroatoms. The van der Waals surface area contributed by atoms with Gasteiger partial charge in [0.25, 0.3) is 0 Å². The Morgan fingerprint density at radius 1 is 1.17 bits per heavy atom. The number of anilines is 2. The van der Waals surface area contributed by atoms with Crippen molar-refractivity contribution in [3.8, 4) is 0 Å². The molecule has 2 fully saturated rings. The number of hydrogen-bond acceptors (Lipinski definition) is 6. The van der Waals surface area contributed by atoms with E-state index in [1.807, 2.05) is 4.68 Å². The van der Waals surface area contributed by atoms with Gasteiger partial charge in [0, 0.05) is 37.8 Å². The zero-order valence-electron chi connectivity index (χ0n) is 17.2. The van der Waals surface area contributed by atoms with Gasteiger partial charge in [-0.25, -0.2) is 4.68 Å². The van der Waals surface area contributed by atoms with Crippen molar-refractivity contribution in [2.24, 2.45) is 5.92 Å². The molecule has 2 aliphatic rings. The first-order chi connectivity index (χ1) is 14.0. The summed E-state index contributed by atoms with van der Waals surface area (Å²) < 4.78 is 2.66. The van der Waals surface area contributed by atoms with Gasteiger partial charge in [0.1, 0.15) is 0 Å². The van der Waals surface area contributed by atoms with Gasteiger partial charge in [0.2, 0.25) is 11.0 Å². The zero-order chi connectivity index (χ0) is 20.4. The maximum Gasteiger partial charge on any atom is 0.225 e. The second kappa shape index (κ2) is 8.93. The molecule has 0 unspecified atom stereocenters. The van der Waals surface area contributed by atoms with Crippen molar-refractivity contribution < 1.29 is 4.79 Å². The molecule has 0 radical (unpaired) electrons. The van der Waals surface area contributed by atoms with Gasteiger partial charge in [-0.3, -0.25) is 9.69 Å². The number of aromatic nitrogens is 2. The fourth-order valence-electron chi connectivity index (χ4n) is 4.10. The van der Waals surface area contributed by atoms with Crippen molar-refractivity contribution >= 4 is 40.3 Å². The smallest absolute Gasteiger partial charge is 0.225 e. The molecule has 3 heterocycles. The minimum absolute atomic E-state index is 0.190. The fraction of sp³-hybridized carbons (Fsp3) is 0.571. The molecule has 0 atom stereocenters. The Kier molecular flexibility index (Phi) is 6.32. The van der Waals surface area contributed by atoms with E-state index in [9.17, 15) is 4.79 Å². The highest BCUT2D eigenvalue weighted by molar-refractivity contribution is 7.73. The van der Waals surface area contributed by atoms with Gasteiger partial charge < -0.3 is 10.2 Å². The lowest BCUT2D eigenvalue weighted by molar-refractivity contribution is -0.136. The summed E-state index contributed by atoms with van der Waals surface area (Å²) in [6, 6.07) is 6.31. The molecule has 0 aliphatic carbocycles. The van der Waals surface area contributed by atoms with Crippen LogP contribution >= 0.6 is 23.6 Å². The van der Waals surface area contributed by atoms with E-state index < -0.39 is 0 Å². The molecule has 4 rings (SSSR count). The molecule has 0 spiro atoms. The summed E-state index contributed by atoms with van der Waals surface area (Å²) >= 11 is 7.03. The van der Waals surface area contributed by atoms with Crippen LogP contribution in [0.5, 0.6) is 0 Å². The molecule has 2 saturated heterocycles. The van der Waals surface area contributed by atoms with Crippen LogP contribution in [0.3, 0.4) is 0 Å². The Balaban J connectivity index is 1.32. The minimum Gasteiger partial charge on any atom is -0.342 e. The third-order valence-electron chi connectivity index (χ3n) is 6.05. The SMILES string of the molecule is Cc1ccc(Nc2nn(CN3CCC(C(=O)N4CCCC4)CC3)c(=S)s2)cc1C. The molecule has 156 valence electrons. The predicted octanol–water partition coefficient (Wildman–Crippen LogP) is 4.33. The van der Waals surface area contributed by atoms with Crippen LogP contribution in [0.25, 0.3) is 0 Å². The first-order valence-electron chi connectivity index (χ1n) is 10.4. The monoisotopic (exact) mass is 431 g/mol. The number of piperidine rings is 1. The first kappa shape index (κ1) is 20.5. The van der Waals surface area contributed by atoms with E-state index in [2.05, 4.69) is 52.3 Å². The van der Waals surface area contributed by atoms with Crippen LogP contribution in [-0.4, -0.2) is 51.7 Å². The lowest BCUT2D eigenvalue weighted by Crippen LogP contribution is -2.42. The Morgan fingerprint density at radius 2 is 1.90 bits per heavy atom. The molecule has 0 bridgehead atoms. The van der Waals surface area contributed by atoms with E-state index in [0.717, 1.165) is 66.6 Å². The number of rotatable bonds is 5. The van der Waals surface area contributed by atoms with E-state index in [4.69, 9.17) is 12.2 Å². The van der Waals surface area contributed by atoms with Crippen LogP contribution in [0.4, 0.5) is 10.8 Å². The van der Waals surface area contributed by atoms with Gasteiger partial charge in [-0.05, 0) is 75.0 Å². The Bertz CT molecular complexity index is 923. The predicted molar refractivity (Wildman–Crippen MR) is 120 cm³/mol. The van der Waals surface area contributed by atoms with Gasteiger partial charge in [-0.2, -0.15) is 0 Å². The molecule has 1 amide bonds. The van der Waals surface area contributed by atoms with Crippen molar-refractivity contribution in [2.45, 2.75) is 46.2 Å². The van der Waals surface area contributed by atoms with Crippen LogP contribution in [0, 0.1) is 23.7 Å². The Morgan fingerprint density at radius 3 is 2.59 bits per heavy atom. The molecule has 1 aromatic carbocycles. The van der Waals surface area contributed by atoms with E-state index in [0.29, 0.717) is 12.6 Å². The lowest BCUT2D eigenvalue weighted by Gasteiger charge is -2.32. The molecule has 2 aromatic rings. The number of amides is 1. The maximum atomic E-state index is 12.6. The third kappa shape index (κ3) is 4.87. The number of benzene rings is 1. The minimum atomic E-state index is 0.190. The molecular weight excluding hydrogens is 402 g/mol. The van der Waals surface area contributed by atoms with E-state index in [1.165, 1.54) is 22.5 Å². The molecule has 1 N–H and O–H groups in total. The number of hydrogen-bond donors (Lipinski definition) is 1. The quantitative estimate of drug-likeness (QED) is 0.715. The summed E-state index contributed by atoms with van der Waals surface area (Å²) in [5, 5.41) is 8.86. The van der Waals surface area contributed by atoms with Crippen LogP contribution in [0.2, 0.25) is 0 Å². The van der Waals surface area contributed by atoms with Crippen LogP contribution in [0.1, 0.15) is 36.8 Å². The Labute approximate surface area is 181 Å². The number of nitrogens with zero attached hydrogens (tertiary/aromatic N) is 4. The highest BCUT2D eigenvalue weighted by Crippen LogP contribution is 2.25. The van der Waals surface area contributed by atoms with Gasteiger partial charge in [-0.1, -0.05) is 17.4 Å². The second-order valence-corrected chi connectivity index (χ2v) is 9.79. The summed E-state index contributed by atoms with van der Waals surface area (Å²) in [7, 11) is 0. The van der Waals surface area contributed by atoms with Gasteiger partial charge in [0.15, 0.2) is 3.95 Å². The third-order valence-corrected chi connectivity index (χ3v) is 7.28. The van der Waals surface area contributed by atoms with Crippen molar-refractivity contribution in [3.05, 3.63) is 33.3 Å². The van der Waals surface area contributed by atoms with Gasteiger partial charge >= 0.3 is 0 Å². The summed E-state index contributed by atoms with van der Waals surface area (Å²) in [4.78, 5) is 17.0.